The summed E-state index contributed by atoms with van der Waals surface area (Å²) in [7, 11) is 1.63. The zero-order chi connectivity index (χ0) is 16.7. The average Bonchev–Trinajstić information content (AvgIpc) is 2.46. The lowest BCUT2D eigenvalue weighted by atomic mass is 9.95. The van der Waals surface area contributed by atoms with Crippen LogP contribution in [0.15, 0.2) is 18.2 Å². The fraction of sp³-hybridized carbons (Fsp3) is 0.611. The summed E-state index contributed by atoms with van der Waals surface area (Å²) in [6, 6.07) is 5.98. The maximum absolute atomic E-state index is 12.3. The summed E-state index contributed by atoms with van der Waals surface area (Å²) >= 11 is 6.26. The van der Waals surface area contributed by atoms with Crippen molar-refractivity contribution in [1.29, 1.82) is 0 Å². The first-order valence-electron chi connectivity index (χ1n) is 7.97. The van der Waals surface area contributed by atoms with Gasteiger partial charge in [0.2, 0.25) is 0 Å². The van der Waals surface area contributed by atoms with E-state index in [-0.39, 0.29) is 17.7 Å². The van der Waals surface area contributed by atoms with Gasteiger partial charge in [0.05, 0.1) is 13.2 Å². The quantitative estimate of drug-likeness (QED) is 0.737. The predicted octanol–water partition coefficient (Wildman–Crippen LogP) is 4.26. The highest BCUT2D eigenvalue weighted by Crippen LogP contribution is 2.24. The van der Waals surface area contributed by atoms with Crippen LogP contribution in [0.5, 0.6) is 5.75 Å². The zero-order valence-electron chi connectivity index (χ0n) is 14.3. The second-order valence-corrected chi connectivity index (χ2v) is 6.69. The van der Waals surface area contributed by atoms with E-state index in [1.54, 1.807) is 7.11 Å². The number of hydrogen-bond acceptors (Lipinski definition) is 3. The van der Waals surface area contributed by atoms with E-state index in [9.17, 15) is 4.79 Å². The molecule has 0 amide bonds. The summed E-state index contributed by atoms with van der Waals surface area (Å²) in [6.07, 6.45) is 2.62. The van der Waals surface area contributed by atoms with Crippen LogP contribution in [0.4, 0.5) is 0 Å². The highest BCUT2D eigenvalue weighted by molar-refractivity contribution is 6.31. The van der Waals surface area contributed by atoms with Gasteiger partial charge in [-0.2, -0.15) is 0 Å². The lowest BCUT2D eigenvalue weighted by molar-refractivity contribution is -0.124. The number of aryl methyl sites for hydroxylation is 1. The van der Waals surface area contributed by atoms with Gasteiger partial charge in [-0.1, -0.05) is 45.4 Å². The molecule has 1 atom stereocenters. The fourth-order valence-electron chi connectivity index (χ4n) is 2.47. The first-order valence-corrected chi connectivity index (χ1v) is 8.35. The van der Waals surface area contributed by atoms with Crippen LogP contribution in [-0.4, -0.2) is 25.0 Å². The molecular weight excluding hydrogens is 298 g/mol. The van der Waals surface area contributed by atoms with E-state index in [2.05, 4.69) is 19.2 Å². The summed E-state index contributed by atoms with van der Waals surface area (Å²) < 4.78 is 5.16. The molecule has 3 nitrogen and oxygen atoms in total. The van der Waals surface area contributed by atoms with Crippen LogP contribution in [0.25, 0.3) is 0 Å². The van der Waals surface area contributed by atoms with Gasteiger partial charge in [0, 0.05) is 17.0 Å². The Balaban J connectivity index is 2.60. The van der Waals surface area contributed by atoms with Crippen LogP contribution in [-0.2, 0) is 11.2 Å². The number of ketones is 1. The molecule has 0 heterocycles. The summed E-state index contributed by atoms with van der Waals surface area (Å²) in [5.74, 6) is 1.11. The molecule has 1 N–H and O–H groups in total. The Hall–Kier alpha value is -1.06. The predicted molar refractivity (Wildman–Crippen MR) is 92.8 cm³/mol. The standard InChI is InChI=1S/C18H28ClNO2/c1-12(2)18(21)17(20-13(3)4)8-6-7-14-9-10-15(22-5)11-16(14)19/h9-13,17,20H,6-8H2,1-5H3. The zero-order valence-corrected chi connectivity index (χ0v) is 15.0. The van der Waals surface area contributed by atoms with Gasteiger partial charge in [0.1, 0.15) is 5.75 Å². The van der Waals surface area contributed by atoms with Gasteiger partial charge in [-0.05, 0) is 37.0 Å². The molecular formula is C18H28ClNO2. The maximum Gasteiger partial charge on any atom is 0.152 e. The number of carbonyl (C=O) groups excluding carboxylic acids is 1. The number of carbonyl (C=O) groups is 1. The average molecular weight is 326 g/mol. The topological polar surface area (TPSA) is 38.3 Å². The van der Waals surface area contributed by atoms with E-state index in [0.717, 1.165) is 35.6 Å². The number of methoxy groups -OCH3 is 1. The second kappa shape index (κ2) is 9.16. The number of halogens is 1. The third-order valence-electron chi connectivity index (χ3n) is 3.65. The molecule has 0 saturated carbocycles. The van der Waals surface area contributed by atoms with Crippen LogP contribution < -0.4 is 10.1 Å². The highest BCUT2D eigenvalue weighted by atomic mass is 35.5. The Labute approximate surface area is 139 Å². The van der Waals surface area contributed by atoms with Crippen LogP contribution in [0, 0.1) is 5.92 Å². The van der Waals surface area contributed by atoms with Crippen molar-refractivity contribution < 1.29 is 9.53 Å². The molecule has 0 aliphatic carbocycles. The van der Waals surface area contributed by atoms with Crippen LogP contribution in [0.1, 0.15) is 46.1 Å². The summed E-state index contributed by atoms with van der Waals surface area (Å²) in [5.41, 5.74) is 1.10. The number of ether oxygens (including phenoxy) is 1. The van der Waals surface area contributed by atoms with Crippen molar-refractivity contribution in [3.8, 4) is 5.75 Å². The Morgan fingerprint density at radius 1 is 1.27 bits per heavy atom. The van der Waals surface area contributed by atoms with Crippen molar-refractivity contribution in [2.45, 2.75) is 59.0 Å². The molecule has 0 fully saturated rings. The first kappa shape index (κ1) is 19.0. The summed E-state index contributed by atoms with van der Waals surface area (Å²) in [5, 5.41) is 4.10. The largest absolute Gasteiger partial charge is 0.497 e. The van der Waals surface area contributed by atoms with Crippen molar-refractivity contribution in [2.24, 2.45) is 5.92 Å². The molecule has 4 heteroatoms. The first-order chi connectivity index (χ1) is 10.3. The van der Waals surface area contributed by atoms with Crippen LogP contribution >= 0.6 is 11.6 Å². The summed E-state index contributed by atoms with van der Waals surface area (Å²) in [4.78, 5) is 12.3. The molecule has 1 rings (SSSR count). The van der Waals surface area contributed by atoms with Gasteiger partial charge in [-0.25, -0.2) is 0 Å². The third kappa shape index (κ3) is 5.98. The molecule has 1 aromatic carbocycles. The van der Waals surface area contributed by atoms with E-state index < -0.39 is 0 Å². The van der Waals surface area contributed by atoms with Crippen molar-refractivity contribution in [2.75, 3.05) is 7.11 Å². The molecule has 0 aromatic heterocycles. The molecule has 0 aliphatic rings. The molecule has 0 spiro atoms. The lowest BCUT2D eigenvalue weighted by Gasteiger charge is -2.22. The van der Waals surface area contributed by atoms with Crippen molar-refractivity contribution in [3.05, 3.63) is 28.8 Å². The minimum absolute atomic E-state index is 0.0563. The molecule has 0 saturated heterocycles. The molecule has 0 aliphatic heterocycles. The van der Waals surface area contributed by atoms with E-state index >= 15 is 0 Å². The van der Waals surface area contributed by atoms with Crippen LogP contribution in [0.2, 0.25) is 5.02 Å². The Morgan fingerprint density at radius 2 is 1.95 bits per heavy atom. The number of rotatable bonds is 9. The fourth-order valence-corrected chi connectivity index (χ4v) is 2.73. The molecule has 0 bridgehead atoms. The minimum atomic E-state index is -0.0722. The van der Waals surface area contributed by atoms with Gasteiger partial charge in [-0.3, -0.25) is 4.79 Å². The van der Waals surface area contributed by atoms with Crippen molar-refractivity contribution in [3.63, 3.8) is 0 Å². The minimum Gasteiger partial charge on any atom is -0.497 e. The van der Waals surface area contributed by atoms with Gasteiger partial charge in [0.25, 0.3) is 0 Å². The monoisotopic (exact) mass is 325 g/mol. The molecule has 0 radical (unpaired) electrons. The van der Waals surface area contributed by atoms with Gasteiger partial charge >= 0.3 is 0 Å². The van der Waals surface area contributed by atoms with E-state index in [4.69, 9.17) is 16.3 Å². The smallest absolute Gasteiger partial charge is 0.152 e. The Kier molecular flexibility index (Phi) is 7.91. The Bertz CT molecular complexity index is 486. The number of Topliss-reactive ketones (excluding diaryl/α,β-unsaturated/α-hetero) is 1. The van der Waals surface area contributed by atoms with E-state index in [1.807, 2.05) is 32.0 Å². The van der Waals surface area contributed by atoms with Crippen molar-refractivity contribution in [1.82, 2.24) is 5.32 Å². The second-order valence-electron chi connectivity index (χ2n) is 6.28. The van der Waals surface area contributed by atoms with Crippen molar-refractivity contribution >= 4 is 17.4 Å². The van der Waals surface area contributed by atoms with E-state index in [1.165, 1.54) is 0 Å². The normalized spacial score (nSPS) is 12.7. The van der Waals surface area contributed by atoms with Gasteiger partial charge in [-0.15, -0.1) is 0 Å². The molecule has 124 valence electrons. The molecule has 22 heavy (non-hydrogen) atoms. The number of nitrogens with one attached hydrogen (secondary N) is 1. The number of hydrogen-bond donors (Lipinski definition) is 1. The van der Waals surface area contributed by atoms with Crippen LogP contribution in [0.3, 0.4) is 0 Å². The number of benzene rings is 1. The molecule has 1 unspecified atom stereocenters. The third-order valence-corrected chi connectivity index (χ3v) is 4.00. The van der Waals surface area contributed by atoms with E-state index in [0.29, 0.717) is 6.04 Å². The maximum atomic E-state index is 12.3. The Morgan fingerprint density at radius 3 is 2.45 bits per heavy atom. The van der Waals surface area contributed by atoms with Gasteiger partial charge in [0.15, 0.2) is 5.78 Å². The SMILES string of the molecule is COc1ccc(CCCC(NC(C)C)C(=O)C(C)C)c(Cl)c1. The molecule has 1 aromatic rings. The highest BCUT2D eigenvalue weighted by Gasteiger charge is 2.21. The lowest BCUT2D eigenvalue weighted by Crippen LogP contribution is -2.42. The van der Waals surface area contributed by atoms with Gasteiger partial charge < -0.3 is 10.1 Å². The summed E-state index contributed by atoms with van der Waals surface area (Å²) in [6.45, 7) is 8.05.